The maximum atomic E-state index is 12.5. The summed E-state index contributed by atoms with van der Waals surface area (Å²) in [5.41, 5.74) is -2.80. The first-order valence-electron chi connectivity index (χ1n) is 4.19. The second-order valence-electron chi connectivity index (χ2n) is 3.00. The minimum atomic E-state index is -4.86. The van der Waals surface area contributed by atoms with E-state index in [1.807, 2.05) is 0 Å². The highest BCUT2D eigenvalue weighted by molar-refractivity contribution is 6.30. The van der Waals surface area contributed by atoms with Crippen LogP contribution in [0.3, 0.4) is 0 Å². The maximum Gasteiger partial charge on any atom is 0.433 e. The summed E-state index contributed by atoms with van der Waals surface area (Å²) in [5.74, 6) is 0. The van der Waals surface area contributed by atoms with Crippen LogP contribution in [0.15, 0.2) is 6.07 Å². The quantitative estimate of drug-likeness (QED) is 0.606. The van der Waals surface area contributed by atoms with E-state index in [2.05, 4.69) is 4.98 Å². The molecule has 92 valence electrons. The van der Waals surface area contributed by atoms with Crippen molar-refractivity contribution in [2.75, 3.05) is 0 Å². The van der Waals surface area contributed by atoms with Crippen molar-refractivity contribution in [1.82, 2.24) is 4.98 Å². The van der Waals surface area contributed by atoms with Crippen LogP contribution in [0.4, 0.5) is 22.0 Å². The Kier molecular flexibility index (Phi) is 3.88. The van der Waals surface area contributed by atoms with E-state index < -0.39 is 35.4 Å². The lowest BCUT2D eigenvalue weighted by Gasteiger charge is -2.12. The molecule has 0 unspecified atom stereocenters. The van der Waals surface area contributed by atoms with Gasteiger partial charge in [0.05, 0.1) is 12.5 Å². The molecule has 1 rings (SSSR count). The molecule has 0 amide bonds. The van der Waals surface area contributed by atoms with Crippen molar-refractivity contribution in [1.29, 1.82) is 5.26 Å². The van der Waals surface area contributed by atoms with Crippen LogP contribution in [-0.2, 0) is 12.6 Å². The van der Waals surface area contributed by atoms with Crippen molar-refractivity contribution in [2.45, 2.75) is 19.0 Å². The molecule has 0 saturated carbocycles. The second kappa shape index (κ2) is 4.84. The highest BCUT2D eigenvalue weighted by Crippen LogP contribution is 2.34. The smallest absolute Gasteiger partial charge is 0.231 e. The summed E-state index contributed by atoms with van der Waals surface area (Å²) in [6.07, 6.45) is -8.54. The average Bonchev–Trinajstić information content (AvgIpc) is 2.18. The summed E-state index contributed by atoms with van der Waals surface area (Å²) in [7, 11) is 0. The van der Waals surface area contributed by atoms with Crippen LogP contribution in [0.5, 0.6) is 0 Å². The largest absolute Gasteiger partial charge is 0.433 e. The van der Waals surface area contributed by atoms with E-state index in [1.165, 1.54) is 6.07 Å². The molecule has 1 heterocycles. The van der Waals surface area contributed by atoms with Gasteiger partial charge in [0, 0.05) is 11.1 Å². The molecule has 0 aliphatic carbocycles. The summed E-state index contributed by atoms with van der Waals surface area (Å²) in [6, 6.07) is 1.75. The van der Waals surface area contributed by atoms with Crippen molar-refractivity contribution in [3.8, 4) is 6.07 Å². The Morgan fingerprint density at radius 3 is 2.41 bits per heavy atom. The first-order chi connectivity index (χ1) is 7.77. The summed E-state index contributed by atoms with van der Waals surface area (Å²) in [4.78, 5) is 2.96. The summed E-state index contributed by atoms with van der Waals surface area (Å²) >= 11 is 5.37. The van der Waals surface area contributed by atoms with Crippen LogP contribution in [0, 0.1) is 11.3 Å². The molecular weight excluding hydrogens is 267 g/mol. The van der Waals surface area contributed by atoms with Crippen molar-refractivity contribution in [3.05, 3.63) is 28.0 Å². The van der Waals surface area contributed by atoms with E-state index in [-0.39, 0.29) is 11.6 Å². The van der Waals surface area contributed by atoms with Gasteiger partial charge in [-0.1, -0.05) is 11.6 Å². The lowest BCUT2D eigenvalue weighted by molar-refractivity contribution is -0.141. The normalized spacial score (nSPS) is 11.6. The number of halogens is 6. The lowest BCUT2D eigenvalue weighted by atomic mass is 10.1. The number of alkyl halides is 5. The van der Waals surface area contributed by atoms with Gasteiger partial charge in [-0.25, -0.2) is 13.8 Å². The van der Waals surface area contributed by atoms with E-state index in [0.717, 1.165) is 0 Å². The molecule has 0 spiro atoms. The number of aromatic nitrogens is 1. The molecule has 0 N–H and O–H groups in total. The highest BCUT2D eigenvalue weighted by atomic mass is 35.5. The molecule has 0 saturated heterocycles. The Labute approximate surface area is 97.6 Å². The topological polar surface area (TPSA) is 36.7 Å². The van der Waals surface area contributed by atoms with Crippen LogP contribution >= 0.6 is 11.6 Å². The summed E-state index contributed by atoms with van der Waals surface area (Å²) < 4.78 is 62.0. The maximum absolute atomic E-state index is 12.5. The first-order valence-corrected chi connectivity index (χ1v) is 4.56. The predicted octanol–water partition coefficient (Wildman–Crippen LogP) is 3.76. The molecule has 0 bridgehead atoms. The first kappa shape index (κ1) is 13.6. The van der Waals surface area contributed by atoms with Gasteiger partial charge in [-0.3, -0.25) is 0 Å². The standard InChI is InChI=1S/C9H4ClF5N2/c10-7-4(1-2-16)5(8(11)12)3-6(17-7)9(13,14)15/h3,8H,1H2. The van der Waals surface area contributed by atoms with E-state index in [4.69, 9.17) is 16.9 Å². The van der Waals surface area contributed by atoms with Gasteiger partial charge in [0.15, 0.2) is 0 Å². The average molecular weight is 271 g/mol. The van der Waals surface area contributed by atoms with Gasteiger partial charge >= 0.3 is 6.18 Å². The molecule has 0 aromatic carbocycles. The van der Waals surface area contributed by atoms with Crippen molar-refractivity contribution >= 4 is 11.6 Å². The molecule has 1 aromatic rings. The lowest BCUT2D eigenvalue weighted by Crippen LogP contribution is -2.11. The predicted molar refractivity (Wildman–Crippen MR) is 48.5 cm³/mol. The van der Waals surface area contributed by atoms with Crippen LogP contribution in [-0.4, -0.2) is 4.98 Å². The molecule has 0 aliphatic heterocycles. The van der Waals surface area contributed by atoms with E-state index in [0.29, 0.717) is 0 Å². The third-order valence-corrected chi connectivity index (χ3v) is 2.20. The summed E-state index contributed by atoms with van der Waals surface area (Å²) in [6.45, 7) is 0. The molecule has 8 heteroatoms. The molecular formula is C9H4ClF5N2. The number of rotatable bonds is 2. The van der Waals surface area contributed by atoms with Gasteiger partial charge in [0.25, 0.3) is 6.43 Å². The Morgan fingerprint density at radius 2 is 2.00 bits per heavy atom. The number of pyridine rings is 1. The zero-order valence-corrected chi connectivity index (χ0v) is 8.78. The molecule has 0 aliphatic rings. The number of nitriles is 1. The Morgan fingerprint density at radius 1 is 1.41 bits per heavy atom. The third-order valence-electron chi connectivity index (χ3n) is 1.89. The molecule has 2 nitrogen and oxygen atoms in total. The Bertz CT molecular complexity index is 464. The Hall–Kier alpha value is -1.42. The molecule has 0 atom stereocenters. The fourth-order valence-electron chi connectivity index (χ4n) is 1.15. The van der Waals surface area contributed by atoms with Crippen LogP contribution in [0.25, 0.3) is 0 Å². The number of hydrogen-bond acceptors (Lipinski definition) is 2. The van der Waals surface area contributed by atoms with Gasteiger partial charge in [-0.2, -0.15) is 18.4 Å². The molecule has 0 fully saturated rings. The van der Waals surface area contributed by atoms with Crippen LogP contribution in [0.1, 0.15) is 23.2 Å². The van der Waals surface area contributed by atoms with E-state index in [1.54, 1.807) is 0 Å². The van der Waals surface area contributed by atoms with Crippen LogP contribution < -0.4 is 0 Å². The van der Waals surface area contributed by atoms with Gasteiger partial charge in [-0.05, 0) is 6.07 Å². The van der Waals surface area contributed by atoms with Gasteiger partial charge < -0.3 is 0 Å². The SMILES string of the molecule is N#CCc1c(C(F)F)cc(C(F)(F)F)nc1Cl. The summed E-state index contributed by atoms with van der Waals surface area (Å²) in [5, 5.41) is 7.65. The van der Waals surface area contributed by atoms with Crippen molar-refractivity contribution in [2.24, 2.45) is 0 Å². The molecule has 17 heavy (non-hydrogen) atoms. The molecule has 0 radical (unpaired) electrons. The second-order valence-corrected chi connectivity index (χ2v) is 3.36. The monoisotopic (exact) mass is 270 g/mol. The minimum absolute atomic E-state index is 0.212. The van der Waals surface area contributed by atoms with Gasteiger partial charge in [0.1, 0.15) is 10.8 Å². The zero-order valence-electron chi connectivity index (χ0n) is 8.02. The van der Waals surface area contributed by atoms with Gasteiger partial charge in [0.2, 0.25) is 0 Å². The van der Waals surface area contributed by atoms with Crippen molar-refractivity contribution in [3.63, 3.8) is 0 Å². The number of nitrogens with zero attached hydrogens (tertiary/aromatic N) is 2. The number of hydrogen-bond donors (Lipinski definition) is 0. The molecule has 1 aromatic heterocycles. The zero-order chi connectivity index (χ0) is 13.2. The van der Waals surface area contributed by atoms with Gasteiger partial charge in [-0.15, -0.1) is 0 Å². The van der Waals surface area contributed by atoms with Crippen molar-refractivity contribution < 1.29 is 22.0 Å². The van der Waals surface area contributed by atoms with E-state index in [9.17, 15) is 22.0 Å². The van der Waals surface area contributed by atoms with Crippen LogP contribution in [0.2, 0.25) is 5.15 Å². The minimum Gasteiger partial charge on any atom is -0.231 e. The van der Waals surface area contributed by atoms with E-state index >= 15 is 0 Å². The fraction of sp³-hybridized carbons (Fsp3) is 0.333. The fourth-order valence-corrected chi connectivity index (χ4v) is 1.42. The Balaban J connectivity index is 3.42. The third kappa shape index (κ3) is 3.03. The highest BCUT2D eigenvalue weighted by Gasteiger charge is 2.35.